The SMILES string of the molecule is Cc1ccc(CN2CC(CC#N)OCC2=O)cc1. The van der Waals surface area contributed by atoms with E-state index in [0.29, 0.717) is 19.5 Å². The highest BCUT2D eigenvalue weighted by Crippen LogP contribution is 2.13. The Morgan fingerprint density at radius 2 is 2.17 bits per heavy atom. The molecule has 1 aromatic carbocycles. The number of hydrogen-bond acceptors (Lipinski definition) is 3. The molecular formula is C14H16N2O2. The lowest BCUT2D eigenvalue weighted by Crippen LogP contribution is -2.45. The molecule has 1 aliphatic heterocycles. The van der Waals surface area contributed by atoms with E-state index in [1.807, 2.05) is 31.2 Å². The maximum Gasteiger partial charge on any atom is 0.248 e. The molecule has 4 nitrogen and oxygen atoms in total. The summed E-state index contributed by atoms with van der Waals surface area (Å²) in [5, 5.41) is 8.66. The van der Waals surface area contributed by atoms with E-state index in [4.69, 9.17) is 10.00 Å². The Morgan fingerprint density at radius 1 is 1.44 bits per heavy atom. The summed E-state index contributed by atoms with van der Waals surface area (Å²) in [7, 11) is 0. The number of hydrogen-bond donors (Lipinski definition) is 0. The van der Waals surface area contributed by atoms with E-state index in [1.54, 1.807) is 4.90 Å². The molecule has 0 N–H and O–H groups in total. The smallest absolute Gasteiger partial charge is 0.248 e. The molecule has 0 saturated carbocycles. The van der Waals surface area contributed by atoms with Gasteiger partial charge in [0.25, 0.3) is 0 Å². The molecular weight excluding hydrogens is 228 g/mol. The second-order valence-corrected chi connectivity index (χ2v) is 4.56. The van der Waals surface area contributed by atoms with Crippen molar-refractivity contribution >= 4 is 5.91 Å². The fourth-order valence-corrected chi connectivity index (χ4v) is 1.97. The second kappa shape index (κ2) is 5.65. The van der Waals surface area contributed by atoms with Crippen molar-refractivity contribution in [2.45, 2.75) is 26.0 Å². The lowest BCUT2D eigenvalue weighted by Gasteiger charge is -2.31. The van der Waals surface area contributed by atoms with Crippen LogP contribution in [0, 0.1) is 18.3 Å². The summed E-state index contributed by atoms with van der Waals surface area (Å²) < 4.78 is 5.30. The average Bonchev–Trinajstić information content (AvgIpc) is 2.36. The summed E-state index contributed by atoms with van der Waals surface area (Å²) in [6.45, 7) is 3.20. The number of amides is 1. The van der Waals surface area contributed by atoms with Crippen LogP contribution in [0.4, 0.5) is 0 Å². The first-order valence-electron chi connectivity index (χ1n) is 6.01. The van der Waals surface area contributed by atoms with E-state index in [2.05, 4.69) is 6.07 Å². The summed E-state index contributed by atoms with van der Waals surface area (Å²) in [5.41, 5.74) is 2.31. The first kappa shape index (κ1) is 12.6. The normalized spacial score (nSPS) is 19.7. The molecule has 1 amide bonds. The Kier molecular flexibility index (Phi) is 3.96. The van der Waals surface area contributed by atoms with Crippen LogP contribution >= 0.6 is 0 Å². The zero-order chi connectivity index (χ0) is 13.0. The van der Waals surface area contributed by atoms with Gasteiger partial charge in [0.15, 0.2) is 0 Å². The van der Waals surface area contributed by atoms with Gasteiger partial charge in [-0.3, -0.25) is 4.79 Å². The molecule has 0 aromatic heterocycles. The second-order valence-electron chi connectivity index (χ2n) is 4.56. The standard InChI is InChI=1S/C14H16N2O2/c1-11-2-4-12(5-3-11)8-16-9-13(6-7-15)18-10-14(16)17/h2-5,13H,6,8-10H2,1H3. The summed E-state index contributed by atoms with van der Waals surface area (Å²) in [5.74, 6) is -0.00948. The largest absolute Gasteiger partial charge is 0.365 e. The van der Waals surface area contributed by atoms with E-state index in [9.17, 15) is 4.79 Å². The molecule has 0 spiro atoms. The zero-order valence-electron chi connectivity index (χ0n) is 10.4. The van der Waals surface area contributed by atoms with Gasteiger partial charge in [-0.2, -0.15) is 5.26 Å². The minimum atomic E-state index is -0.154. The number of aryl methyl sites for hydroxylation is 1. The Morgan fingerprint density at radius 3 is 2.83 bits per heavy atom. The first-order valence-corrected chi connectivity index (χ1v) is 6.01. The molecule has 4 heteroatoms. The Bertz CT molecular complexity index is 462. The van der Waals surface area contributed by atoms with Crippen molar-refractivity contribution in [1.82, 2.24) is 4.90 Å². The first-order chi connectivity index (χ1) is 8.69. The van der Waals surface area contributed by atoms with Crippen LogP contribution in [0.5, 0.6) is 0 Å². The third kappa shape index (κ3) is 3.08. The van der Waals surface area contributed by atoms with Crippen molar-refractivity contribution in [3.05, 3.63) is 35.4 Å². The van der Waals surface area contributed by atoms with Gasteiger partial charge in [-0.1, -0.05) is 29.8 Å². The zero-order valence-corrected chi connectivity index (χ0v) is 10.4. The molecule has 1 aromatic rings. The minimum absolute atomic E-state index is 0.00948. The number of morpholine rings is 1. The summed E-state index contributed by atoms with van der Waals surface area (Å²) in [6, 6.07) is 10.2. The van der Waals surface area contributed by atoms with E-state index < -0.39 is 0 Å². The van der Waals surface area contributed by atoms with Crippen molar-refractivity contribution in [2.24, 2.45) is 0 Å². The van der Waals surface area contributed by atoms with Crippen LogP contribution in [0.15, 0.2) is 24.3 Å². The van der Waals surface area contributed by atoms with Crippen LogP contribution in [0.2, 0.25) is 0 Å². The van der Waals surface area contributed by atoms with E-state index >= 15 is 0 Å². The topological polar surface area (TPSA) is 53.3 Å². The number of carbonyl (C=O) groups is 1. The fraction of sp³-hybridized carbons (Fsp3) is 0.429. The number of benzene rings is 1. The predicted octanol–water partition coefficient (Wildman–Crippen LogP) is 1.64. The van der Waals surface area contributed by atoms with Crippen molar-refractivity contribution < 1.29 is 9.53 Å². The molecule has 18 heavy (non-hydrogen) atoms. The van der Waals surface area contributed by atoms with Crippen LogP contribution in [-0.4, -0.2) is 30.1 Å². The predicted molar refractivity (Wildman–Crippen MR) is 66.6 cm³/mol. The van der Waals surface area contributed by atoms with Gasteiger partial charge in [-0.15, -0.1) is 0 Å². The summed E-state index contributed by atoms with van der Waals surface area (Å²) >= 11 is 0. The van der Waals surface area contributed by atoms with Gasteiger partial charge in [-0.25, -0.2) is 0 Å². The average molecular weight is 244 g/mol. The molecule has 1 fully saturated rings. The van der Waals surface area contributed by atoms with Crippen LogP contribution in [0.25, 0.3) is 0 Å². The van der Waals surface area contributed by atoms with Gasteiger partial charge in [0.1, 0.15) is 6.61 Å². The van der Waals surface area contributed by atoms with Crippen molar-refractivity contribution in [3.8, 4) is 6.07 Å². The quantitative estimate of drug-likeness (QED) is 0.812. The maximum atomic E-state index is 11.7. The maximum absolute atomic E-state index is 11.7. The Balaban J connectivity index is 2.00. The molecule has 94 valence electrons. The fourth-order valence-electron chi connectivity index (χ4n) is 1.97. The molecule has 0 radical (unpaired) electrons. The molecule has 1 heterocycles. The molecule has 1 unspecified atom stereocenters. The monoisotopic (exact) mass is 244 g/mol. The highest BCUT2D eigenvalue weighted by Gasteiger charge is 2.25. The third-order valence-corrected chi connectivity index (χ3v) is 3.03. The number of nitrogens with zero attached hydrogens (tertiary/aromatic N) is 2. The van der Waals surface area contributed by atoms with Gasteiger partial charge in [0, 0.05) is 13.1 Å². The molecule has 1 saturated heterocycles. The Labute approximate surface area is 107 Å². The summed E-state index contributed by atoms with van der Waals surface area (Å²) in [4.78, 5) is 13.5. The van der Waals surface area contributed by atoms with Crippen molar-refractivity contribution in [2.75, 3.05) is 13.2 Å². The van der Waals surface area contributed by atoms with Crippen LogP contribution in [-0.2, 0) is 16.1 Å². The highest BCUT2D eigenvalue weighted by molar-refractivity contribution is 5.78. The molecule has 0 aliphatic carbocycles. The van der Waals surface area contributed by atoms with Gasteiger partial charge in [0.2, 0.25) is 5.91 Å². The van der Waals surface area contributed by atoms with Crippen molar-refractivity contribution in [1.29, 1.82) is 5.26 Å². The minimum Gasteiger partial charge on any atom is -0.365 e. The molecule has 0 bridgehead atoms. The lowest BCUT2D eigenvalue weighted by molar-refractivity contribution is -0.149. The Hall–Kier alpha value is -1.86. The van der Waals surface area contributed by atoms with Crippen molar-refractivity contribution in [3.63, 3.8) is 0 Å². The number of nitriles is 1. The third-order valence-electron chi connectivity index (χ3n) is 3.03. The molecule has 2 rings (SSSR count). The summed E-state index contributed by atoms with van der Waals surface area (Å²) in [6.07, 6.45) is 0.177. The van der Waals surface area contributed by atoms with E-state index in [-0.39, 0.29) is 18.6 Å². The van der Waals surface area contributed by atoms with Crippen LogP contribution in [0.3, 0.4) is 0 Å². The van der Waals surface area contributed by atoms with Gasteiger partial charge >= 0.3 is 0 Å². The number of ether oxygens (including phenoxy) is 1. The molecule has 1 aliphatic rings. The highest BCUT2D eigenvalue weighted by atomic mass is 16.5. The van der Waals surface area contributed by atoms with Gasteiger partial charge in [-0.05, 0) is 12.5 Å². The van der Waals surface area contributed by atoms with E-state index in [0.717, 1.165) is 5.56 Å². The van der Waals surface area contributed by atoms with Crippen LogP contribution < -0.4 is 0 Å². The lowest BCUT2D eigenvalue weighted by atomic mass is 10.1. The van der Waals surface area contributed by atoms with Gasteiger partial charge < -0.3 is 9.64 Å². The number of rotatable bonds is 3. The number of carbonyl (C=O) groups excluding carboxylic acids is 1. The van der Waals surface area contributed by atoms with Gasteiger partial charge in [0.05, 0.1) is 18.6 Å². The van der Waals surface area contributed by atoms with E-state index in [1.165, 1.54) is 5.56 Å². The van der Waals surface area contributed by atoms with Crippen LogP contribution in [0.1, 0.15) is 17.5 Å². The molecule has 1 atom stereocenters.